The lowest BCUT2D eigenvalue weighted by Gasteiger charge is -2.08. The van der Waals surface area contributed by atoms with Crippen molar-refractivity contribution in [3.63, 3.8) is 0 Å². The normalized spacial score (nSPS) is 13.0. The van der Waals surface area contributed by atoms with Crippen molar-refractivity contribution in [2.45, 2.75) is 4.90 Å². The zero-order chi connectivity index (χ0) is 15.5. The number of hydrogen-bond acceptors (Lipinski definition) is 4. The van der Waals surface area contributed by atoms with Gasteiger partial charge in [0.15, 0.2) is 5.82 Å². The fourth-order valence-corrected chi connectivity index (χ4v) is 3.24. The van der Waals surface area contributed by atoms with E-state index in [9.17, 15) is 21.8 Å². The third kappa shape index (κ3) is 4.80. The monoisotopic (exact) mass is 405 g/mol. The van der Waals surface area contributed by atoms with Gasteiger partial charge in [-0.3, -0.25) is 9.00 Å². The molecule has 20 heavy (non-hydrogen) atoms. The summed E-state index contributed by atoms with van der Waals surface area (Å²) in [5.41, 5.74) is -0.458. The van der Waals surface area contributed by atoms with Crippen molar-refractivity contribution < 1.29 is 21.8 Å². The maximum absolute atomic E-state index is 14.0. The van der Waals surface area contributed by atoms with Gasteiger partial charge in [0.25, 0.3) is 15.0 Å². The average Bonchev–Trinajstić information content (AvgIpc) is 2.29. The highest BCUT2D eigenvalue weighted by Gasteiger charge is 2.23. The van der Waals surface area contributed by atoms with Gasteiger partial charge in [-0.15, -0.1) is 0 Å². The van der Waals surface area contributed by atoms with Gasteiger partial charge in [0.2, 0.25) is 0 Å². The summed E-state index contributed by atoms with van der Waals surface area (Å²) in [4.78, 5) is 11.0. The van der Waals surface area contributed by atoms with Crippen molar-refractivity contribution in [2.75, 3.05) is 18.6 Å². The minimum atomic E-state index is -4.31. The molecule has 1 N–H and O–H groups in total. The van der Waals surface area contributed by atoms with Gasteiger partial charge in [0.1, 0.15) is 4.90 Å². The van der Waals surface area contributed by atoms with Gasteiger partial charge in [0.05, 0.1) is 5.56 Å². The number of nitrogens with one attached hydrogen (secondary N) is 1. The second-order valence-corrected chi connectivity index (χ2v) is 8.74. The van der Waals surface area contributed by atoms with Crippen LogP contribution in [0.25, 0.3) is 0 Å². The molecule has 0 aromatic heterocycles. The average molecular weight is 407 g/mol. The fourth-order valence-electron chi connectivity index (χ4n) is 1.31. The van der Waals surface area contributed by atoms with Crippen molar-refractivity contribution >= 4 is 52.4 Å². The summed E-state index contributed by atoms with van der Waals surface area (Å²) in [6.07, 6.45) is 1.46. The maximum atomic E-state index is 14.0. The Morgan fingerprint density at radius 3 is 2.60 bits per heavy atom. The summed E-state index contributed by atoms with van der Waals surface area (Å²) in [6, 6.07) is 2.11. The van der Waals surface area contributed by atoms with E-state index in [4.69, 9.17) is 10.7 Å². The number of amides is 1. The number of rotatable bonds is 5. The van der Waals surface area contributed by atoms with Crippen LogP contribution in [0.15, 0.2) is 21.5 Å². The molecule has 0 bridgehead atoms. The van der Waals surface area contributed by atoms with Gasteiger partial charge in [0, 0.05) is 44.5 Å². The minimum Gasteiger partial charge on any atom is -0.351 e. The molecule has 0 saturated carbocycles. The molecule has 1 amide bonds. The molecule has 0 heterocycles. The zero-order valence-corrected chi connectivity index (χ0v) is 14.1. The Morgan fingerprint density at radius 2 is 2.10 bits per heavy atom. The highest BCUT2D eigenvalue weighted by Crippen LogP contribution is 2.26. The van der Waals surface area contributed by atoms with E-state index >= 15 is 0 Å². The Morgan fingerprint density at radius 1 is 1.50 bits per heavy atom. The van der Waals surface area contributed by atoms with Crippen LogP contribution in [0, 0.1) is 5.82 Å². The van der Waals surface area contributed by atoms with Crippen molar-refractivity contribution in [3.05, 3.63) is 28.0 Å². The first-order valence-electron chi connectivity index (χ1n) is 5.15. The van der Waals surface area contributed by atoms with Crippen LogP contribution in [0.3, 0.4) is 0 Å². The smallest absolute Gasteiger partial charge is 0.264 e. The van der Waals surface area contributed by atoms with Crippen LogP contribution in [0.1, 0.15) is 10.4 Å². The van der Waals surface area contributed by atoms with Crippen molar-refractivity contribution in [1.29, 1.82) is 0 Å². The summed E-state index contributed by atoms with van der Waals surface area (Å²) < 4.78 is 47.5. The Hall–Kier alpha value is -0.510. The van der Waals surface area contributed by atoms with Gasteiger partial charge >= 0.3 is 0 Å². The molecule has 0 spiro atoms. The van der Waals surface area contributed by atoms with Gasteiger partial charge in [-0.25, -0.2) is 12.8 Å². The minimum absolute atomic E-state index is 0.0802. The third-order valence-corrected chi connectivity index (χ3v) is 4.74. The second-order valence-electron chi connectivity index (χ2n) is 3.74. The molecule has 1 unspecified atom stereocenters. The molecule has 0 aliphatic carbocycles. The Bertz CT molecular complexity index is 665. The molecule has 1 aromatic rings. The van der Waals surface area contributed by atoms with Crippen LogP contribution in [0.5, 0.6) is 0 Å². The fraction of sp³-hybridized carbons (Fsp3) is 0.300. The first kappa shape index (κ1) is 17.5. The van der Waals surface area contributed by atoms with Crippen LogP contribution < -0.4 is 5.32 Å². The molecular weight excluding hydrogens is 397 g/mol. The predicted molar refractivity (Wildman–Crippen MR) is 78.4 cm³/mol. The van der Waals surface area contributed by atoms with Gasteiger partial charge in [-0.2, -0.15) is 0 Å². The summed E-state index contributed by atoms with van der Waals surface area (Å²) >= 11 is 2.98. The van der Waals surface area contributed by atoms with Gasteiger partial charge in [-0.1, -0.05) is 15.9 Å². The predicted octanol–water partition coefficient (Wildman–Crippen LogP) is 1.62. The SMILES string of the molecule is CS(=O)CCNC(=O)c1cc(Br)cc(S(=O)(=O)Cl)c1F. The van der Waals surface area contributed by atoms with E-state index in [2.05, 4.69) is 21.2 Å². The zero-order valence-electron chi connectivity index (χ0n) is 10.2. The Labute approximate surface area is 130 Å². The van der Waals surface area contributed by atoms with Crippen molar-refractivity contribution in [3.8, 4) is 0 Å². The maximum Gasteiger partial charge on any atom is 0.264 e. The number of carbonyl (C=O) groups is 1. The lowest BCUT2D eigenvalue weighted by molar-refractivity contribution is 0.0951. The van der Waals surface area contributed by atoms with E-state index in [0.29, 0.717) is 0 Å². The number of benzene rings is 1. The first-order chi connectivity index (χ1) is 9.12. The molecule has 5 nitrogen and oxygen atoms in total. The number of hydrogen-bond donors (Lipinski definition) is 1. The quantitative estimate of drug-likeness (QED) is 0.754. The summed E-state index contributed by atoms with van der Waals surface area (Å²) in [5, 5.41) is 2.35. The van der Waals surface area contributed by atoms with Crippen LogP contribution in [-0.4, -0.2) is 37.1 Å². The highest BCUT2D eigenvalue weighted by molar-refractivity contribution is 9.10. The highest BCUT2D eigenvalue weighted by atomic mass is 79.9. The molecule has 1 atom stereocenters. The molecule has 0 radical (unpaired) electrons. The molecule has 0 fully saturated rings. The summed E-state index contributed by atoms with van der Waals surface area (Å²) in [6.45, 7) is 0.0802. The standard InChI is InChI=1S/C10H10BrClFNO4S2/c1-19(16)3-2-14-10(15)7-4-6(11)5-8(9(7)13)20(12,17)18/h4-5H,2-3H2,1H3,(H,14,15). The molecule has 0 aliphatic heterocycles. The van der Waals surface area contributed by atoms with E-state index < -0.39 is 42.0 Å². The Balaban J connectivity index is 3.10. The lowest BCUT2D eigenvalue weighted by Crippen LogP contribution is -2.28. The largest absolute Gasteiger partial charge is 0.351 e. The summed E-state index contributed by atoms with van der Waals surface area (Å²) in [5.74, 6) is -1.82. The van der Waals surface area contributed by atoms with Crippen LogP contribution >= 0.6 is 26.6 Å². The molecule has 10 heteroatoms. The van der Waals surface area contributed by atoms with Crippen LogP contribution in [0.4, 0.5) is 4.39 Å². The summed E-state index contributed by atoms with van der Waals surface area (Å²) in [7, 11) is -0.311. The van der Waals surface area contributed by atoms with Crippen LogP contribution in [-0.2, 0) is 19.9 Å². The topological polar surface area (TPSA) is 80.3 Å². The first-order valence-corrected chi connectivity index (χ1v) is 9.98. The van der Waals surface area contributed by atoms with Crippen molar-refractivity contribution in [2.24, 2.45) is 0 Å². The number of halogens is 3. The number of carbonyl (C=O) groups excluding carboxylic acids is 1. The van der Waals surface area contributed by atoms with E-state index in [1.807, 2.05) is 0 Å². The van der Waals surface area contributed by atoms with Crippen molar-refractivity contribution in [1.82, 2.24) is 5.32 Å². The van der Waals surface area contributed by atoms with Gasteiger partial charge in [-0.05, 0) is 12.1 Å². The second kappa shape index (κ2) is 6.97. The Kier molecular flexibility index (Phi) is 6.11. The third-order valence-electron chi connectivity index (χ3n) is 2.19. The lowest BCUT2D eigenvalue weighted by atomic mass is 10.2. The molecule has 112 valence electrons. The van der Waals surface area contributed by atoms with E-state index in [1.165, 1.54) is 6.26 Å². The molecule has 1 rings (SSSR count). The van der Waals surface area contributed by atoms with E-state index in [-0.39, 0.29) is 16.8 Å². The molecule has 0 saturated heterocycles. The molecule has 1 aromatic carbocycles. The van der Waals surface area contributed by atoms with E-state index in [1.54, 1.807) is 0 Å². The van der Waals surface area contributed by atoms with Gasteiger partial charge < -0.3 is 5.32 Å². The van der Waals surface area contributed by atoms with E-state index in [0.717, 1.165) is 12.1 Å². The molecular formula is C10H10BrClFNO4S2. The van der Waals surface area contributed by atoms with Crippen LogP contribution in [0.2, 0.25) is 0 Å². The molecule has 0 aliphatic rings.